The van der Waals surface area contributed by atoms with Gasteiger partial charge in [-0.3, -0.25) is 0 Å². The average molecular weight is 593 g/mol. The van der Waals surface area contributed by atoms with Crippen molar-refractivity contribution < 1.29 is 16.8 Å². The van der Waals surface area contributed by atoms with Crippen molar-refractivity contribution in [3.8, 4) is 28.3 Å². The Morgan fingerprint density at radius 3 is 1.86 bits per heavy atom. The van der Waals surface area contributed by atoms with Gasteiger partial charge in [0.1, 0.15) is 11.6 Å². The Labute approximate surface area is 243 Å². The molecule has 0 fully saturated rings. The Bertz CT molecular complexity index is 2260. The Balaban J connectivity index is 1.95. The van der Waals surface area contributed by atoms with Gasteiger partial charge in [-0.2, -0.15) is 5.26 Å². The second-order valence-corrected chi connectivity index (χ2v) is 13.5. The van der Waals surface area contributed by atoms with Crippen molar-refractivity contribution in [2.75, 3.05) is 16.8 Å². The maximum absolute atomic E-state index is 13.7. The summed E-state index contributed by atoms with van der Waals surface area (Å²) in [6.07, 6.45) is 2.19. The van der Waals surface area contributed by atoms with Crippen LogP contribution >= 0.6 is 0 Å². The molecule has 0 spiro atoms. The highest BCUT2D eigenvalue weighted by Crippen LogP contribution is 2.48. The van der Waals surface area contributed by atoms with E-state index in [9.17, 15) is 22.1 Å². The topological polar surface area (TPSA) is 113 Å². The van der Waals surface area contributed by atoms with Crippen LogP contribution < -0.4 is 4.31 Å². The Kier molecular flexibility index (Phi) is 6.56. The van der Waals surface area contributed by atoms with E-state index in [1.54, 1.807) is 48.5 Å². The van der Waals surface area contributed by atoms with Gasteiger partial charge in [-0.15, -0.1) is 0 Å². The molecule has 0 bridgehead atoms. The predicted octanol–water partition coefficient (Wildman–Crippen LogP) is 6.30. The van der Waals surface area contributed by atoms with E-state index in [1.165, 1.54) is 3.97 Å². The van der Waals surface area contributed by atoms with Crippen LogP contribution in [-0.4, -0.2) is 38.3 Å². The van der Waals surface area contributed by atoms with Crippen LogP contribution in [0.25, 0.3) is 44.2 Å². The summed E-state index contributed by atoms with van der Waals surface area (Å²) >= 11 is 0. The minimum Gasteiger partial charge on any atom is -0.235 e. The number of para-hydroxylation sites is 2. The number of nitriles is 1. The molecule has 8 nitrogen and oxygen atoms in total. The fraction of sp³-hybridized carbons (Fsp3) is 0.0625. The second kappa shape index (κ2) is 10.1. The number of pyridine rings is 1. The third-order valence-corrected chi connectivity index (χ3v) is 9.03. The summed E-state index contributed by atoms with van der Waals surface area (Å²) in [5, 5.41) is 10.5. The number of benzene rings is 4. The van der Waals surface area contributed by atoms with E-state index in [2.05, 4.69) is 6.07 Å². The molecule has 0 atom stereocenters. The summed E-state index contributed by atoms with van der Waals surface area (Å²) in [6.45, 7) is 0. The zero-order valence-electron chi connectivity index (χ0n) is 22.6. The van der Waals surface area contributed by atoms with Gasteiger partial charge in [-0.05, 0) is 29.3 Å². The Morgan fingerprint density at radius 2 is 1.26 bits per heavy atom. The lowest BCUT2D eigenvalue weighted by Crippen LogP contribution is -2.27. The molecule has 4 aromatic carbocycles. The van der Waals surface area contributed by atoms with Gasteiger partial charge in [0.25, 0.3) is 0 Å². The summed E-state index contributed by atoms with van der Waals surface area (Å²) in [5.41, 5.74) is 3.52. The van der Waals surface area contributed by atoms with Crippen LogP contribution in [0.4, 0.5) is 11.5 Å². The van der Waals surface area contributed by atoms with Crippen molar-refractivity contribution in [1.29, 1.82) is 5.26 Å². The van der Waals surface area contributed by atoms with Gasteiger partial charge < -0.3 is 0 Å². The standard InChI is InChI=1S/C32H24N4O4S2/c1-41(37,38)35-27-20-12-10-18-25(27)30-31(35)28(22-13-5-3-6-14-22)29(23-15-7-4-8-16-23)32(34-30)36(42(2,39)40)26-19-11-9-17-24(26)21-33/h3-20H,1-2H3. The summed E-state index contributed by atoms with van der Waals surface area (Å²) in [7, 11) is -7.95. The fourth-order valence-corrected chi connectivity index (χ4v) is 7.36. The summed E-state index contributed by atoms with van der Waals surface area (Å²) in [6, 6.07) is 33.8. The smallest absolute Gasteiger partial charge is 0.235 e. The van der Waals surface area contributed by atoms with Crippen molar-refractivity contribution >= 4 is 53.5 Å². The average Bonchev–Trinajstić information content (AvgIpc) is 3.32. The van der Waals surface area contributed by atoms with Crippen molar-refractivity contribution in [1.82, 2.24) is 8.96 Å². The lowest BCUT2D eigenvalue weighted by Gasteiger charge is -2.27. The number of hydrogen-bond donors (Lipinski definition) is 0. The van der Waals surface area contributed by atoms with Gasteiger partial charge >= 0.3 is 0 Å². The molecule has 0 radical (unpaired) electrons. The molecule has 10 heteroatoms. The molecule has 6 aromatic rings. The highest BCUT2D eigenvalue weighted by atomic mass is 32.2. The maximum atomic E-state index is 13.7. The van der Waals surface area contributed by atoms with Crippen molar-refractivity contribution in [3.63, 3.8) is 0 Å². The Morgan fingerprint density at radius 1 is 0.714 bits per heavy atom. The second-order valence-electron chi connectivity index (χ2n) is 9.82. The molecule has 0 saturated heterocycles. The van der Waals surface area contributed by atoms with E-state index in [1.807, 2.05) is 60.7 Å². The first-order valence-electron chi connectivity index (χ1n) is 12.9. The minimum atomic E-state index is -4.08. The lowest BCUT2D eigenvalue weighted by molar-refractivity contribution is 0.596. The molecule has 0 amide bonds. The number of anilines is 2. The number of sulfonamides is 1. The van der Waals surface area contributed by atoms with Crippen LogP contribution in [0.1, 0.15) is 5.56 Å². The van der Waals surface area contributed by atoms with E-state index < -0.39 is 20.0 Å². The molecule has 0 aliphatic rings. The molecule has 0 aliphatic heterocycles. The molecule has 0 unspecified atom stereocenters. The molecule has 0 N–H and O–H groups in total. The highest BCUT2D eigenvalue weighted by molar-refractivity contribution is 7.92. The van der Waals surface area contributed by atoms with Gasteiger partial charge in [-0.1, -0.05) is 91.0 Å². The quantitative estimate of drug-likeness (QED) is 0.224. The number of hydrogen-bond acceptors (Lipinski definition) is 6. The molecule has 2 heterocycles. The zero-order chi connectivity index (χ0) is 29.6. The van der Waals surface area contributed by atoms with E-state index in [4.69, 9.17) is 4.98 Å². The molecular weight excluding hydrogens is 569 g/mol. The molecular formula is C32H24N4O4S2. The number of nitrogens with zero attached hydrogens (tertiary/aromatic N) is 4. The van der Waals surface area contributed by atoms with E-state index >= 15 is 0 Å². The van der Waals surface area contributed by atoms with Gasteiger partial charge in [0.2, 0.25) is 20.0 Å². The summed E-state index contributed by atoms with van der Waals surface area (Å²) < 4.78 is 56.6. The normalized spacial score (nSPS) is 11.9. The van der Waals surface area contributed by atoms with Gasteiger partial charge in [0, 0.05) is 16.5 Å². The zero-order valence-corrected chi connectivity index (χ0v) is 24.3. The molecule has 6 rings (SSSR count). The number of rotatable bonds is 6. The molecule has 208 valence electrons. The monoisotopic (exact) mass is 592 g/mol. The third kappa shape index (κ3) is 4.49. The van der Waals surface area contributed by atoms with Gasteiger partial charge in [0.15, 0.2) is 5.82 Å². The number of fused-ring (bicyclic) bond motifs is 3. The summed E-state index contributed by atoms with van der Waals surface area (Å²) in [4.78, 5) is 4.97. The van der Waals surface area contributed by atoms with E-state index in [0.29, 0.717) is 44.2 Å². The molecule has 0 saturated carbocycles. The van der Waals surface area contributed by atoms with E-state index in [-0.39, 0.29) is 17.1 Å². The van der Waals surface area contributed by atoms with Gasteiger partial charge in [-0.25, -0.2) is 30.1 Å². The van der Waals surface area contributed by atoms with E-state index in [0.717, 1.165) is 16.8 Å². The van der Waals surface area contributed by atoms with Crippen LogP contribution in [0.5, 0.6) is 0 Å². The number of aromatic nitrogens is 2. The fourth-order valence-electron chi connectivity index (χ4n) is 5.37. The SMILES string of the molecule is CS(=O)(=O)N(c1ccccc1C#N)c1nc2c3ccccc3n(S(C)(=O)=O)c2c(-c2ccccc2)c1-c1ccccc1. The first-order chi connectivity index (χ1) is 20.1. The van der Waals surface area contributed by atoms with Crippen LogP contribution in [0, 0.1) is 11.3 Å². The van der Waals surface area contributed by atoms with Crippen LogP contribution in [-0.2, 0) is 20.0 Å². The Hall–Kier alpha value is -4.98. The summed E-state index contributed by atoms with van der Waals surface area (Å²) in [5.74, 6) is 0.0501. The molecule has 42 heavy (non-hydrogen) atoms. The van der Waals surface area contributed by atoms with Crippen LogP contribution in [0.15, 0.2) is 109 Å². The largest absolute Gasteiger partial charge is 0.237 e. The first-order valence-corrected chi connectivity index (χ1v) is 16.6. The maximum Gasteiger partial charge on any atom is 0.237 e. The first kappa shape index (κ1) is 27.2. The van der Waals surface area contributed by atoms with Crippen molar-refractivity contribution in [3.05, 3.63) is 115 Å². The van der Waals surface area contributed by atoms with Crippen molar-refractivity contribution in [2.45, 2.75) is 0 Å². The lowest BCUT2D eigenvalue weighted by atomic mass is 9.93. The minimum absolute atomic E-state index is 0.0501. The predicted molar refractivity (Wildman–Crippen MR) is 166 cm³/mol. The van der Waals surface area contributed by atoms with Gasteiger partial charge in [0.05, 0.1) is 34.8 Å². The highest BCUT2D eigenvalue weighted by Gasteiger charge is 2.33. The molecule has 0 aliphatic carbocycles. The van der Waals surface area contributed by atoms with Crippen LogP contribution in [0.2, 0.25) is 0 Å². The van der Waals surface area contributed by atoms with Crippen LogP contribution in [0.3, 0.4) is 0 Å². The third-order valence-electron chi connectivity index (χ3n) is 6.96. The molecule has 2 aromatic heterocycles. The van der Waals surface area contributed by atoms with Crippen molar-refractivity contribution in [2.24, 2.45) is 0 Å².